The van der Waals surface area contributed by atoms with Gasteiger partial charge in [0.05, 0.1) is 11.6 Å². The number of nitriles is 1. The van der Waals surface area contributed by atoms with Crippen molar-refractivity contribution in [3.05, 3.63) is 70.5 Å². The number of carbonyl (C=O) groups is 1. The molecule has 0 aromatic heterocycles. The van der Waals surface area contributed by atoms with Crippen molar-refractivity contribution in [1.29, 1.82) is 5.26 Å². The molecule has 2 unspecified atom stereocenters. The Hall–Kier alpha value is -2.14. The summed E-state index contributed by atoms with van der Waals surface area (Å²) in [6.45, 7) is 0. The first-order valence-electron chi connectivity index (χ1n) is 8.76. The van der Waals surface area contributed by atoms with E-state index in [-0.39, 0.29) is 29.5 Å². The summed E-state index contributed by atoms with van der Waals surface area (Å²) in [6, 6.07) is 10.2. The maximum absolute atomic E-state index is 14.7. The molecule has 0 aliphatic heterocycles. The molecule has 2 aromatic rings. The van der Waals surface area contributed by atoms with Gasteiger partial charge in [-0.05, 0) is 22.8 Å². The van der Waals surface area contributed by atoms with Gasteiger partial charge in [0, 0.05) is 20.0 Å². The van der Waals surface area contributed by atoms with Gasteiger partial charge in [-0.2, -0.15) is 18.4 Å². The predicted molar refractivity (Wildman–Crippen MR) is 105 cm³/mol. The highest BCUT2D eigenvalue weighted by molar-refractivity contribution is 6.44. The van der Waals surface area contributed by atoms with Crippen LogP contribution in [0, 0.1) is 17.1 Å². The van der Waals surface area contributed by atoms with E-state index < -0.39 is 40.2 Å². The van der Waals surface area contributed by atoms with Crippen LogP contribution in [0.25, 0.3) is 0 Å². The van der Waals surface area contributed by atoms with Gasteiger partial charge in [-0.3, -0.25) is 4.79 Å². The number of rotatable bonds is 8. The quantitative estimate of drug-likeness (QED) is 0.378. The Morgan fingerprint density at radius 2 is 1.73 bits per heavy atom. The van der Waals surface area contributed by atoms with Crippen LogP contribution in [0.15, 0.2) is 42.5 Å². The molecule has 0 aliphatic carbocycles. The lowest BCUT2D eigenvalue weighted by Crippen LogP contribution is -2.30. The average molecular weight is 462 g/mol. The highest BCUT2D eigenvalue weighted by Gasteiger charge is 2.34. The van der Waals surface area contributed by atoms with Crippen LogP contribution in [0.1, 0.15) is 28.2 Å². The second-order valence-electron chi connectivity index (χ2n) is 6.50. The van der Waals surface area contributed by atoms with E-state index in [2.05, 4.69) is 0 Å². The maximum Gasteiger partial charge on any atom is 0.416 e. The first-order chi connectivity index (χ1) is 14.1. The molecule has 0 radical (unpaired) electrons. The summed E-state index contributed by atoms with van der Waals surface area (Å²) in [4.78, 5) is 12.0. The number of benzene rings is 2. The number of hydrogen-bond donors (Lipinski definition) is 0. The molecule has 0 fully saturated rings. The van der Waals surface area contributed by atoms with Crippen molar-refractivity contribution in [3.63, 3.8) is 0 Å². The minimum absolute atomic E-state index is 0.0550. The van der Waals surface area contributed by atoms with Gasteiger partial charge in [0.15, 0.2) is 5.78 Å². The van der Waals surface area contributed by atoms with Crippen LogP contribution in [-0.2, 0) is 28.5 Å². The molecule has 9 heteroatoms. The minimum atomic E-state index is -4.62. The zero-order valence-corrected chi connectivity index (χ0v) is 17.2. The lowest BCUT2D eigenvalue weighted by atomic mass is 9.89. The Morgan fingerprint density at radius 1 is 1.13 bits per heavy atom. The normalized spacial score (nSPS) is 13.7. The van der Waals surface area contributed by atoms with E-state index in [0.29, 0.717) is 0 Å². The lowest BCUT2D eigenvalue weighted by Gasteiger charge is -2.19. The van der Waals surface area contributed by atoms with Gasteiger partial charge in [-0.15, -0.1) is 23.2 Å². The van der Waals surface area contributed by atoms with Crippen molar-refractivity contribution < 1.29 is 27.1 Å². The molecule has 0 spiro atoms. The SMILES string of the molecule is COC(Cc1cccc(CC(Cl)Cl)c1F)C(=O)C(C#N)c1cccc(C(F)(F)F)c1. The van der Waals surface area contributed by atoms with Crippen LogP contribution in [0.5, 0.6) is 0 Å². The second-order valence-corrected chi connectivity index (χ2v) is 7.78. The van der Waals surface area contributed by atoms with E-state index in [4.69, 9.17) is 27.9 Å². The van der Waals surface area contributed by atoms with Crippen LogP contribution in [0.2, 0.25) is 0 Å². The highest BCUT2D eigenvalue weighted by atomic mass is 35.5. The van der Waals surface area contributed by atoms with E-state index in [1.54, 1.807) is 12.1 Å². The monoisotopic (exact) mass is 461 g/mol. The Labute approximate surface area is 181 Å². The van der Waals surface area contributed by atoms with Crippen LogP contribution in [0.3, 0.4) is 0 Å². The predicted octanol–water partition coefficient (Wildman–Crippen LogP) is 5.62. The smallest absolute Gasteiger partial charge is 0.373 e. The van der Waals surface area contributed by atoms with Crippen LogP contribution in [0.4, 0.5) is 17.6 Å². The van der Waals surface area contributed by atoms with Crippen molar-refractivity contribution in [2.75, 3.05) is 7.11 Å². The summed E-state index contributed by atoms with van der Waals surface area (Å²) in [5.74, 6) is -2.87. The number of methoxy groups -OCH3 is 1. The zero-order chi connectivity index (χ0) is 22.5. The molecule has 3 nitrogen and oxygen atoms in total. The summed E-state index contributed by atoms with van der Waals surface area (Å²) >= 11 is 11.4. The average Bonchev–Trinajstić information content (AvgIpc) is 2.68. The van der Waals surface area contributed by atoms with E-state index in [0.717, 1.165) is 18.2 Å². The van der Waals surface area contributed by atoms with Crippen molar-refractivity contribution in [1.82, 2.24) is 0 Å². The fraction of sp³-hybridized carbons (Fsp3) is 0.333. The number of ether oxygens (including phenoxy) is 1. The van der Waals surface area contributed by atoms with Gasteiger partial charge in [-0.25, -0.2) is 4.39 Å². The summed E-state index contributed by atoms with van der Waals surface area (Å²) in [5, 5.41) is 9.44. The van der Waals surface area contributed by atoms with E-state index in [1.165, 1.54) is 25.3 Å². The Kier molecular flexibility index (Phi) is 8.25. The van der Waals surface area contributed by atoms with Crippen LogP contribution in [-0.4, -0.2) is 23.8 Å². The third-order valence-corrected chi connectivity index (χ3v) is 4.81. The molecule has 0 aliphatic rings. The molecule has 0 N–H and O–H groups in total. The Morgan fingerprint density at radius 3 is 2.27 bits per heavy atom. The molecular weight excluding hydrogens is 445 g/mol. The van der Waals surface area contributed by atoms with Crippen molar-refractivity contribution in [2.45, 2.75) is 35.9 Å². The number of hydrogen-bond acceptors (Lipinski definition) is 3. The fourth-order valence-electron chi connectivity index (χ4n) is 3.00. The number of alkyl halides is 5. The van der Waals surface area contributed by atoms with E-state index >= 15 is 0 Å². The number of Topliss-reactive ketones (excluding diaryl/α,β-unsaturated/α-hetero) is 1. The highest BCUT2D eigenvalue weighted by Crippen LogP contribution is 2.32. The third-order valence-electron chi connectivity index (χ3n) is 4.50. The van der Waals surface area contributed by atoms with Gasteiger partial charge in [-0.1, -0.05) is 36.4 Å². The molecule has 160 valence electrons. The topological polar surface area (TPSA) is 50.1 Å². The second kappa shape index (κ2) is 10.3. The van der Waals surface area contributed by atoms with Gasteiger partial charge >= 0.3 is 6.18 Å². The standard InChI is InChI=1S/C21H17Cl2F4NO2/c1-30-17(9-13-5-2-6-14(19(13)24)10-18(22)23)20(29)16(11-28)12-4-3-7-15(8-12)21(25,26)27/h2-8,16-18H,9-10H2,1H3. The van der Waals surface area contributed by atoms with Gasteiger partial charge in [0.2, 0.25) is 0 Å². The maximum atomic E-state index is 14.7. The van der Waals surface area contributed by atoms with Crippen molar-refractivity contribution in [2.24, 2.45) is 0 Å². The Bertz CT molecular complexity index is 941. The number of halogens is 6. The van der Waals surface area contributed by atoms with Gasteiger partial charge in [0.1, 0.15) is 22.7 Å². The minimum Gasteiger partial charge on any atom is -0.373 e. The summed E-state index contributed by atoms with van der Waals surface area (Å²) < 4.78 is 58.8. The molecule has 0 amide bonds. The molecule has 2 atom stereocenters. The number of nitrogens with zero attached hydrogens (tertiary/aromatic N) is 1. The molecule has 0 saturated carbocycles. The molecule has 0 heterocycles. The fourth-order valence-corrected chi connectivity index (χ4v) is 3.33. The number of ketones is 1. The first-order valence-corrected chi connectivity index (χ1v) is 9.63. The third kappa shape index (κ3) is 5.94. The molecule has 0 saturated heterocycles. The molecular formula is C21H17Cl2F4NO2. The first kappa shape index (κ1) is 24.1. The lowest BCUT2D eigenvalue weighted by molar-refractivity contribution is -0.137. The van der Waals surface area contributed by atoms with Crippen LogP contribution < -0.4 is 0 Å². The van der Waals surface area contributed by atoms with Crippen LogP contribution >= 0.6 is 23.2 Å². The van der Waals surface area contributed by atoms with E-state index in [9.17, 15) is 27.6 Å². The molecule has 2 aromatic carbocycles. The zero-order valence-electron chi connectivity index (χ0n) is 15.7. The molecule has 2 rings (SSSR count). The van der Waals surface area contributed by atoms with Gasteiger partial charge < -0.3 is 4.74 Å². The van der Waals surface area contributed by atoms with Crippen molar-refractivity contribution >= 4 is 29.0 Å². The number of carbonyl (C=O) groups excluding carboxylic acids is 1. The summed E-state index contributed by atoms with van der Waals surface area (Å²) in [7, 11) is 1.21. The van der Waals surface area contributed by atoms with Gasteiger partial charge in [0.25, 0.3) is 0 Å². The summed E-state index contributed by atoms with van der Waals surface area (Å²) in [5.41, 5.74) is -0.694. The largest absolute Gasteiger partial charge is 0.416 e. The summed E-state index contributed by atoms with van der Waals surface area (Å²) in [6.07, 6.45) is -6.01. The Balaban J connectivity index is 2.30. The van der Waals surface area contributed by atoms with Crippen molar-refractivity contribution in [3.8, 4) is 6.07 Å². The molecule has 0 bridgehead atoms. The molecule has 30 heavy (non-hydrogen) atoms. The van der Waals surface area contributed by atoms with E-state index in [1.807, 2.05) is 0 Å².